The van der Waals surface area contributed by atoms with Gasteiger partial charge in [0.1, 0.15) is 0 Å². The summed E-state index contributed by atoms with van der Waals surface area (Å²) in [6.07, 6.45) is 0. The molecule has 0 unspecified atom stereocenters. The molecule has 0 aromatic rings. The molecule has 0 heterocycles. The third kappa shape index (κ3) is 97100. The summed E-state index contributed by atoms with van der Waals surface area (Å²) in [7, 11) is -5.39. The van der Waals surface area contributed by atoms with E-state index in [1.165, 1.54) is 0 Å². The largest absolute Gasteiger partial charge is 0.855 e. The molecule has 0 aromatic carbocycles. The Morgan fingerprint density at radius 3 is 1.00 bits per heavy atom. The fraction of sp³-hybridized carbons (Fsp3) is 1.00. The Kier molecular flexibility index (Phi) is 75.9. The first kappa shape index (κ1) is 40.6. The second-order valence-electron chi connectivity index (χ2n) is 0.736. The molecule has 0 spiro atoms. The molecule has 0 aliphatic carbocycles. The number of phosphoric acid groups is 1. The monoisotopic (exact) mass is 212 g/mol. The molecule has 0 rings (SSSR count). The molecule has 0 bridgehead atoms. The van der Waals surface area contributed by atoms with Gasteiger partial charge in [0.05, 0.1) is 0 Å². The fourth-order valence-corrected chi connectivity index (χ4v) is 0. The standard InChI is InChI=1S/C2H5O.4H3N.H3O4P/c1-2-3;;;;;1-5(2,3)4/h2H2,1H3;4*1H3;(H3,1,2,3,4)/q-1;;;;;/p+1. The summed E-state index contributed by atoms with van der Waals surface area (Å²) in [6, 6.07) is 0. The first-order valence-electron chi connectivity index (χ1n) is 1.73. The van der Waals surface area contributed by atoms with Crippen molar-refractivity contribution in [2.45, 2.75) is 6.92 Å². The van der Waals surface area contributed by atoms with Gasteiger partial charge in [-0.15, -0.1) is 6.61 Å². The van der Waals surface area contributed by atoms with Crippen LogP contribution in [-0.2, 0) is 4.57 Å². The van der Waals surface area contributed by atoms with Crippen molar-refractivity contribution in [3.8, 4) is 0 Å². The Morgan fingerprint density at radius 2 is 1.00 bits per heavy atom. The van der Waals surface area contributed by atoms with E-state index >= 15 is 0 Å². The van der Waals surface area contributed by atoms with Crippen LogP contribution in [0.3, 0.4) is 0 Å². The summed E-state index contributed by atoms with van der Waals surface area (Å²) in [4.78, 5) is 25.6. The lowest BCUT2D eigenvalue weighted by molar-refractivity contribution is -0.432. The molecule has 0 aliphatic heterocycles. The smallest absolute Gasteiger partial charge is 0.0809 e. The number of quaternary nitrogens is 4. The zero-order valence-corrected chi connectivity index (χ0v) is 9.09. The van der Waals surface area contributed by atoms with E-state index in [9.17, 15) is 0 Å². The molecule has 0 saturated carbocycles. The van der Waals surface area contributed by atoms with E-state index in [0.717, 1.165) is 0 Å². The highest BCUT2D eigenvalue weighted by Gasteiger charge is 1.44. The molecule has 0 atom stereocenters. The maximum atomic E-state index is 8.93. The van der Waals surface area contributed by atoms with Crippen molar-refractivity contribution in [3.63, 3.8) is 0 Å². The highest BCUT2D eigenvalue weighted by atomic mass is 31.2. The number of hydrogen-bond acceptors (Lipinski definition) is 5. The molecule has 0 aliphatic rings. The van der Waals surface area contributed by atoms with Crippen LogP contribution in [0.4, 0.5) is 0 Å². The quantitative estimate of drug-likeness (QED) is 0.332. The third-order valence-electron chi connectivity index (χ3n) is 0. The molecule has 0 fully saturated rings. The van der Waals surface area contributed by atoms with Gasteiger partial charge >= 0.3 is 0 Å². The zero-order valence-electron chi connectivity index (χ0n) is 8.20. The van der Waals surface area contributed by atoms with Crippen LogP contribution in [-0.4, -0.2) is 6.61 Å². The van der Waals surface area contributed by atoms with Crippen molar-refractivity contribution in [2.24, 2.45) is 0 Å². The van der Waals surface area contributed by atoms with E-state index in [0.29, 0.717) is 0 Å². The van der Waals surface area contributed by atoms with Crippen LogP contribution in [0.1, 0.15) is 6.92 Å². The number of hydrogen-bond donors (Lipinski definition) is 4. The van der Waals surface area contributed by atoms with Gasteiger partial charge in [0.15, 0.2) is 0 Å². The van der Waals surface area contributed by atoms with Crippen molar-refractivity contribution in [1.29, 1.82) is 0 Å². The normalized spacial score (nSPS) is 6.42. The molecular weight excluding hydrogens is 191 g/mol. The predicted octanol–water partition coefficient (Wildman–Crippen LogP) is -1.95. The van der Waals surface area contributed by atoms with E-state index in [1.54, 1.807) is 6.92 Å². The average molecular weight is 212 g/mol. The minimum absolute atomic E-state index is 0. The summed E-state index contributed by atoms with van der Waals surface area (Å²) in [5.41, 5.74) is 0. The zero-order chi connectivity index (χ0) is 7.21. The molecule has 16 N–H and O–H groups in total. The first-order valence-corrected chi connectivity index (χ1v) is 3.19. The predicted molar refractivity (Wildman–Crippen MR) is 42.1 cm³/mol. The second-order valence-corrected chi connectivity index (χ2v) is 1.63. The van der Waals surface area contributed by atoms with E-state index in [4.69, 9.17) is 24.4 Å². The van der Waals surface area contributed by atoms with Gasteiger partial charge < -0.3 is 49.0 Å². The van der Waals surface area contributed by atoms with Crippen LogP contribution < -0.4 is 44.4 Å². The lowest BCUT2D eigenvalue weighted by Gasteiger charge is -2.36. The lowest BCUT2D eigenvalue weighted by Crippen LogP contribution is -2.24. The molecule has 0 radical (unpaired) electrons. The molecule has 10 heteroatoms. The Labute approximate surface area is 71.4 Å². The van der Waals surface area contributed by atoms with E-state index in [-0.39, 0.29) is 31.2 Å². The van der Waals surface area contributed by atoms with Crippen LogP contribution in [0.15, 0.2) is 0 Å². The van der Waals surface area contributed by atoms with Crippen molar-refractivity contribution < 1.29 is 24.4 Å². The second kappa shape index (κ2) is 22.4. The molecular formula is C2H21N4O5P. The van der Waals surface area contributed by atoms with Gasteiger partial charge in [-0.3, -0.25) is 0 Å². The van der Waals surface area contributed by atoms with E-state index < -0.39 is 7.82 Å². The SMILES string of the molecule is CC[O-].O=P([O-])([O-])[O-].[NH4+].[NH4+].[NH4+].[NH4+]. The minimum Gasteiger partial charge on any atom is -0.855 e. The molecule has 0 saturated heterocycles. The summed E-state index contributed by atoms with van der Waals surface area (Å²) in [6.45, 7) is 1.57. The number of rotatable bonds is 0. The van der Waals surface area contributed by atoms with Crippen LogP contribution in [0.25, 0.3) is 0 Å². The maximum absolute atomic E-state index is 8.93. The van der Waals surface area contributed by atoms with E-state index in [2.05, 4.69) is 0 Å². The van der Waals surface area contributed by atoms with Gasteiger partial charge in [0.2, 0.25) is 0 Å². The van der Waals surface area contributed by atoms with Gasteiger partial charge in [-0.1, -0.05) is 6.92 Å². The Morgan fingerprint density at radius 1 is 1.00 bits per heavy atom. The lowest BCUT2D eigenvalue weighted by atomic mass is 10.9. The van der Waals surface area contributed by atoms with Gasteiger partial charge in [0.25, 0.3) is 0 Å². The topological polar surface area (TPSA) is 255 Å². The van der Waals surface area contributed by atoms with E-state index in [1.807, 2.05) is 0 Å². The van der Waals surface area contributed by atoms with Gasteiger partial charge in [-0.25, -0.2) is 0 Å². The summed E-state index contributed by atoms with van der Waals surface area (Å²) in [5, 5.41) is 8.93. The minimum atomic E-state index is -5.39. The third-order valence-corrected chi connectivity index (χ3v) is 0. The Balaban J connectivity index is -0.0000000119. The van der Waals surface area contributed by atoms with Crippen LogP contribution >= 0.6 is 7.82 Å². The van der Waals surface area contributed by atoms with Gasteiger partial charge in [0, 0.05) is 0 Å². The molecule has 0 amide bonds. The summed E-state index contributed by atoms with van der Waals surface area (Å²) < 4.78 is 8.55. The summed E-state index contributed by atoms with van der Waals surface area (Å²) >= 11 is 0. The first-order chi connectivity index (χ1) is 3.41. The molecule has 9 nitrogen and oxygen atoms in total. The highest BCUT2D eigenvalue weighted by Crippen LogP contribution is 2.03. The molecule has 0 aromatic heterocycles. The fourth-order valence-electron chi connectivity index (χ4n) is 0. The van der Waals surface area contributed by atoms with Crippen LogP contribution in [0.2, 0.25) is 0 Å². The van der Waals surface area contributed by atoms with Crippen LogP contribution in [0.5, 0.6) is 0 Å². The highest BCUT2D eigenvalue weighted by molar-refractivity contribution is 7.40. The molecule has 12 heavy (non-hydrogen) atoms. The van der Waals surface area contributed by atoms with Gasteiger partial charge in [-0.2, -0.15) is 7.82 Å². The van der Waals surface area contributed by atoms with Crippen molar-refractivity contribution in [1.82, 2.24) is 24.6 Å². The average Bonchev–Trinajstić information content (AvgIpc) is 1.27. The Bertz CT molecular complexity index is 77.3. The van der Waals surface area contributed by atoms with Crippen molar-refractivity contribution in [2.75, 3.05) is 6.61 Å². The van der Waals surface area contributed by atoms with Crippen molar-refractivity contribution >= 4 is 7.82 Å². The maximum Gasteiger partial charge on any atom is -0.0809 e. The van der Waals surface area contributed by atoms with Crippen molar-refractivity contribution in [3.05, 3.63) is 0 Å². The van der Waals surface area contributed by atoms with Crippen LogP contribution in [0, 0.1) is 0 Å². The van der Waals surface area contributed by atoms with Gasteiger partial charge in [-0.05, 0) is 0 Å². The molecule has 84 valence electrons. The Hall–Kier alpha value is -0.0900. The summed E-state index contributed by atoms with van der Waals surface area (Å²) in [5.74, 6) is 0.